The topological polar surface area (TPSA) is 80.0 Å². The van der Waals surface area contributed by atoms with Crippen LogP contribution in [0.4, 0.5) is 5.69 Å². The molecule has 3 rings (SSSR count). The molecule has 2 heterocycles. The summed E-state index contributed by atoms with van der Waals surface area (Å²) in [5.41, 5.74) is 2.80. The third kappa shape index (κ3) is 3.21. The molecular weight excluding hydrogens is 292 g/mol. The maximum atomic E-state index is 12.6. The smallest absolute Gasteiger partial charge is 0.254 e. The van der Waals surface area contributed by atoms with Gasteiger partial charge in [-0.05, 0) is 31.4 Å². The van der Waals surface area contributed by atoms with Crippen molar-refractivity contribution in [3.05, 3.63) is 41.0 Å². The van der Waals surface area contributed by atoms with Gasteiger partial charge in [0, 0.05) is 12.5 Å². The van der Waals surface area contributed by atoms with E-state index in [0.717, 1.165) is 25.1 Å². The minimum atomic E-state index is -0.332. The van der Waals surface area contributed by atoms with E-state index in [1.807, 2.05) is 32.9 Å². The zero-order chi connectivity index (χ0) is 16.4. The Bertz CT molecular complexity index is 708. The summed E-state index contributed by atoms with van der Waals surface area (Å²) in [5, 5.41) is 10.2. The molecule has 1 aromatic heterocycles. The molecule has 0 bridgehead atoms. The van der Waals surface area contributed by atoms with Crippen LogP contribution >= 0.6 is 0 Å². The van der Waals surface area contributed by atoms with Crippen molar-refractivity contribution in [2.75, 3.05) is 11.9 Å². The molecule has 2 N–H and O–H groups in total. The highest BCUT2D eigenvalue weighted by Crippen LogP contribution is 2.26. The van der Waals surface area contributed by atoms with Crippen molar-refractivity contribution in [1.82, 2.24) is 15.5 Å². The number of aryl methyl sites for hydroxylation is 1. The largest absolute Gasteiger partial charge is 0.384 e. The standard InChI is InChI=1S/C17H22N4O2/c1-10(2)15-20-17(23-21-15)11(3)19-16(22)13-8-4-6-12-7-5-9-18-14(12)13/h4,6,8,10-11,18H,5,7,9H2,1-3H3,(H,19,22)/t11-/m0/s1. The normalized spacial score (nSPS) is 15.0. The third-order valence-electron chi connectivity index (χ3n) is 4.01. The molecule has 122 valence electrons. The van der Waals surface area contributed by atoms with E-state index in [-0.39, 0.29) is 17.9 Å². The Kier molecular flexibility index (Phi) is 4.32. The Morgan fingerprint density at radius 3 is 2.91 bits per heavy atom. The predicted molar refractivity (Wildman–Crippen MR) is 87.5 cm³/mol. The maximum Gasteiger partial charge on any atom is 0.254 e. The van der Waals surface area contributed by atoms with E-state index in [1.54, 1.807) is 0 Å². The fraction of sp³-hybridized carbons (Fsp3) is 0.471. The lowest BCUT2D eigenvalue weighted by Gasteiger charge is -2.21. The van der Waals surface area contributed by atoms with Gasteiger partial charge in [-0.15, -0.1) is 0 Å². The van der Waals surface area contributed by atoms with Crippen molar-refractivity contribution in [2.45, 2.75) is 45.6 Å². The molecular formula is C17H22N4O2. The second-order valence-electron chi connectivity index (χ2n) is 6.21. The lowest BCUT2D eigenvalue weighted by molar-refractivity contribution is 0.0933. The molecule has 0 spiro atoms. The van der Waals surface area contributed by atoms with E-state index in [1.165, 1.54) is 5.56 Å². The van der Waals surface area contributed by atoms with Gasteiger partial charge in [0.05, 0.1) is 11.3 Å². The Balaban J connectivity index is 1.76. The predicted octanol–water partition coefficient (Wildman–Crippen LogP) is 3.04. The Morgan fingerprint density at radius 1 is 1.35 bits per heavy atom. The first-order valence-electron chi connectivity index (χ1n) is 8.06. The second-order valence-corrected chi connectivity index (χ2v) is 6.21. The van der Waals surface area contributed by atoms with Gasteiger partial charge in [-0.2, -0.15) is 4.98 Å². The Labute approximate surface area is 135 Å². The summed E-state index contributed by atoms with van der Waals surface area (Å²) in [7, 11) is 0. The van der Waals surface area contributed by atoms with Gasteiger partial charge < -0.3 is 15.2 Å². The number of carbonyl (C=O) groups is 1. The van der Waals surface area contributed by atoms with Crippen LogP contribution in [-0.4, -0.2) is 22.6 Å². The lowest BCUT2D eigenvalue weighted by atomic mass is 9.99. The van der Waals surface area contributed by atoms with Crippen LogP contribution in [0.5, 0.6) is 0 Å². The number of amides is 1. The highest BCUT2D eigenvalue weighted by Gasteiger charge is 2.22. The number of nitrogens with zero attached hydrogens (tertiary/aromatic N) is 2. The van der Waals surface area contributed by atoms with Crippen molar-refractivity contribution in [3.63, 3.8) is 0 Å². The molecule has 1 atom stereocenters. The summed E-state index contributed by atoms with van der Waals surface area (Å²) < 4.78 is 5.25. The molecule has 1 aromatic carbocycles. The minimum Gasteiger partial charge on any atom is -0.384 e. The molecule has 6 heteroatoms. The van der Waals surface area contributed by atoms with Gasteiger partial charge in [-0.25, -0.2) is 0 Å². The monoisotopic (exact) mass is 314 g/mol. The highest BCUT2D eigenvalue weighted by atomic mass is 16.5. The number of nitrogens with one attached hydrogen (secondary N) is 2. The number of fused-ring (bicyclic) bond motifs is 1. The number of carbonyl (C=O) groups excluding carboxylic acids is 1. The number of hydrogen-bond donors (Lipinski definition) is 2. The highest BCUT2D eigenvalue weighted by molar-refractivity contribution is 6.00. The summed E-state index contributed by atoms with van der Waals surface area (Å²) >= 11 is 0. The first-order valence-corrected chi connectivity index (χ1v) is 8.06. The fourth-order valence-electron chi connectivity index (χ4n) is 2.69. The molecule has 23 heavy (non-hydrogen) atoms. The van der Waals surface area contributed by atoms with Crippen LogP contribution in [0.25, 0.3) is 0 Å². The number of hydrogen-bond acceptors (Lipinski definition) is 5. The SMILES string of the molecule is CC(C)c1noc([C@H](C)NC(=O)c2cccc3c2NCCC3)n1. The molecule has 0 saturated carbocycles. The summed E-state index contributed by atoms with van der Waals surface area (Å²) in [5.74, 6) is 1.15. The van der Waals surface area contributed by atoms with Crippen LogP contribution in [-0.2, 0) is 6.42 Å². The van der Waals surface area contributed by atoms with E-state index < -0.39 is 0 Å². The van der Waals surface area contributed by atoms with E-state index in [2.05, 4.69) is 26.8 Å². The number of rotatable bonds is 4. The molecule has 0 fully saturated rings. The molecule has 0 unspecified atom stereocenters. The summed E-state index contributed by atoms with van der Waals surface area (Å²) in [6, 6.07) is 5.50. The Hall–Kier alpha value is -2.37. The average molecular weight is 314 g/mol. The van der Waals surface area contributed by atoms with E-state index in [0.29, 0.717) is 17.3 Å². The second kappa shape index (κ2) is 6.40. The lowest BCUT2D eigenvalue weighted by Crippen LogP contribution is -2.28. The van der Waals surface area contributed by atoms with Crippen LogP contribution in [0.15, 0.2) is 22.7 Å². The molecule has 6 nitrogen and oxygen atoms in total. The molecule has 1 aliphatic rings. The van der Waals surface area contributed by atoms with Gasteiger partial charge in [0.25, 0.3) is 5.91 Å². The van der Waals surface area contributed by atoms with E-state index >= 15 is 0 Å². The molecule has 0 aliphatic carbocycles. The molecule has 0 saturated heterocycles. The molecule has 2 aromatic rings. The summed E-state index contributed by atoms with van der Waals surface area (Å²) in [4.78, 5) is 16.9. The first-order chi connectivity index (χ1) is 11.1. The van der Waals surface area contributed by atoms with Gasteiger partial charge in [0.1, 0.15) is 6.04 Å². The van der Waals surface area contributed by atoms with Crippen molar-refractivity contribution in [1.29, 1.82) is 0 Å². The molecule has 1 amide bonds. The number of benzene rings is 1. The third-order valence-corrected chi connectivity index (χ3v) is 4.01. The Morgan fingerprint density at radius 2 is 2.17 bits per heavy atom. The van der Waals surface area contributed by atoms with Crippen molar-refractivity contribution in [3.8, 4) is 0 Å². The van der Waals surface area contributed by atoms with Crippen molar-refractivity contribution in [2.24, 2.45) is 0 Å². The van der Waals surface area contributed by atoms with Crippen LogP contribution in [0.3, 0.4) is 0 Å². The summed E-state index contributed by atoms with van der Waals surface area (Å²) in [6.45, 7) is 6.74. The molecule has 0 radical (unpaired) electrons. The summed E-state index contributed by atoms with van der Waals surface area (Å²) in [6.07, 6.45) is 2.09. The van der Waals surface area contributed by atoms with E-state index in [9.17, 15) is 4.79 Å². The molecule has 1 aliphatic heterocycles. The van der Waals surface area contributed by atoms with Gasteiger partial charge in [-0.1, -0.05) is 31.1 Å². The van der Waals surface area contributed by atoms with Crippen molar-refractivity contribution < 1.29 is 9.32 Å². The van der Waals surface area contributed by atoms with Gasteiger partial charge in [0.15, 0.2) is 5.82 Å². The zero-order valence-electron chi connectivity index (χ0n) is 13.7. The number of para-hydroxylation sites is 1. The maximum absolute atomic E-state index is 12.6. The fourth-order valence-corrected chi connectivity index (χ4v) is 2.69. The van der Waals surface area contributed by atoms with Crippen LogP contribution < -0.4 is 10.6 Å². The average Bonchev–Trinajstić information content (AvgIpc) is 3.04. The van der Waals surface area contributed by atoms with Gasteiger partial charge in [0.2, 0.25) is 5.89 Å². The first kappa shape index (κ1) is 15.5. The van der Waals surface area contributed by atoms with Crippen LogP contribution in [0.2, 0.25) is 0 Å². The van der Waals surface area contributed by atoms with Crippen LogP contribution in [0, 0.1) is 0 Å². The van der Waals surface area contributed by atoms with E-state index in [4.69, 9.17) is 4.52 Å². The minimum absolute atomic E-state index is 0.131. The van der Waals surface area contributed by atoms with Gasteiger partial charge >= 0.3 is 0 Å². The number of anilines is 1. The van der Waals surface area contributed by atoms with Crippen LogP contribution in [0.1, 0.15) is 66.8 Å². The zero-order valence-corrected chi connectivity index (χ0v) is 13.7. The quantitative estimate of drug-likeness (QED) is 0.906. The van der Waals surface area contributed by atoms with Crippen molar-refractivity contribution >= 4 is 11.6 Å². The van der Waals surface area contributed by atoms with Gasteiger partial charge in [-0.3, -0.25) is 4.79 Å². The number of aromatic nitrogens is 2.